The van der Waals surface area contributed by atoms with Crippen LogP contribution in [0.15, 0.2) is 53.4 Å². The maximum absolute atomic E-state index is 13.0. The summed E-state index contributed by atoms with van der Waals surface area (Å²) in [5.74, 6) is 0.425. The molecule has 1 amide bonds. The maximum Gasteiger partial charge on any atom is 0.263 e. The lowest BCUT2D eigenvalue weighted by atomic mass is 10.0. The van der Waals surface area contributed by atoms with Crippen LogP contribution in [0, 0.1) is 5.82 Å². The van der Waals surface area contributed by atoms with E-state index in [-0.39, 0.29) is 16.8 Å². The molecule has 1 atom stereocenters. The van der Waals surface area contributed by atoms with E-state index in [1.165, 1.54) is 12.1 Å². The van der Waals surface area contributed by atoms with E-state index in [0.717, 1.165) is 17.7 Å². The zero-order chi connectivity index (χ0) is 22.6. The van der Waals surface area contributed by atoms with Crippen LogP contribution < -0.4 is 9.46 Å². The Balaban J connectivity index is 1.53. The zero-order valence-electron chi connectivity index (χ0n) is 18.0. The second kappa shape index (κ2) is 9.78. The number of nitrogens with zero attached hydrogens (tertiary/aromatic N) is 1. The fourth-order valence-electron chi connectivity index (χ4n) is 3.58. The predicted octanol–water partition coefficient (Wildman–Crippen LogP) is 3.69. The molecule has 1 unspecified atom stereocenters. The van der Waals surface area contributed by atoms with Crippen LogP contribution >= 0.6 is 0 Å². The van der Waals surface area contributed by atoms with Crippen molar-refractivity contribution in [3.63, 3.8) is 0 Å². The first-order valence-corrected chi connectivity index (χ1v) is 12.0. The minimum absolute atomic E-state index is 0.0260. The smallest absolute Gasteiger partial charge is 0.263 e. The Morgan fingerprint density at radius 2 is 1.74 bits per heavy atom. The largest absolute Gasteiger partial charge is 0.481 e. The zero-order valence-corrected chi connectivity index (χ0v) is 18.9. The molecule has 0 radical (unpaired) electrons. The normalized spacial score (nSPS) is 16.4. The minimum atomic E-state index is -3.73. The Hall–Kier alpha value is -2.45. The molecule has 31 heavy (non-hydrogen) atoms. The number of benzene rings is 2. The van der Waals surface area contributed by atoms with E-state index in [1.807, 2.05) is 24.3 Å². The van der Waals surface area contributed by atoms with Crippen molar-refractivity contribution in [1.82, 2.24) is 9.62 Å². The lowest BCUT2D eigenvalue weighted by molar-refractivity contribution is -0.139. The summed E-state index contributed by atoms with van der Waals surface area (Å²) in [6.07, 6.45) is 0.374. The Kier molecular flexibility index (Phi) is 7.33. The monoisotopic (exact) mass is 448 g/mol. The number of hydrogen-bond acceptors (Lipinski definition) is 4. The van der Waals surface area contributed by atoms with Crippen molar-refractivity contribution in [2.24, 2.45) is 0 Å². The summed E-state index contributed by atoms with van der Waals surface area (Å²) >= 11 is 0. The second-order valence-corrected chi connectivity index (χ2v) is 9.88. The van der Waals surface area contributed by atoms with E-state index >= 15 is 0 Å². The van der Waals surface area contributed by atoms with Crippen LogP contribution in [0.5, 0.6) is 5.75 Å². The third kappa shape index (κ3) is 6.04. The number of likely N-dealkylation sites (tertiary alicyclic amines) is 1. The molecule has 0 aromatic heterocycles. The molecule has 2 aromatic carbocycles. The van der Waals surface area contributed by atoms with Gasteiger partial charge in [-0.2, -0.15) is 0 Å². The number of sulfonamides is 1. The van der Waals surface area contributed by atoms with Gasteiger partial charge < -0.3 is 9.64 Å². The topological polar surface area (TPSA) is 75.7 Å². The summed E-state index contributed by atoms with van der Waals surface area (Å²) in [6.45, 7) is 6.81. The van der Waals surface area contributed by atoms with E-state index < -0.39 is 21.9 Å². The van der Waals surface area contributed by atoms with Crippen molar-refractivity contribution in [2.75, 3.05) is 13.1 Å². The molecular weight excluding hydrogens is 419 g/mol. The van der Waals surface area contributed by atoms with Crippen molar-refractivity contribution in [2.45, 2.75) is 56.6 Å². The number of amides is 1. The van der Waals surface area contributed by atoms with Gasteiger partial charge in [0.15, 0.2) is 6.10 Å². The average Bonchev–Trinajstić information content (AvgIpc) is 2.74. The molecule has 6 nitrogen and oxygen atoms in total. The van der Waals surface area contributed by atoms with Crippen LogP contribution in [-0.4, -0.2) is 44.5 Å². The van der Waals surface area contributed by atoms with Gasteiger partial charge in [0.25, 0.3) is 5.91 Å². The van der Waals surface area contributed by atoms with E-state index in [4.69, 9.17) is 4.74 Å². The Morgan fingerprint density at radius 3 is 2.35 bits per heavy atom. The third-order valence-corrected chi connectivity index (χ3v) is 6.97. The van der Waals surface area contributed by atoms with Gasteiger partial charge in [0.05, 0.1) is 4.90 Å². The average molecular weight is 449 g/mol. The number of carbonyl (C=O) groups excluding carboxylic acids is 1. The van der Waals surface area contributed by atoms with Crippen molar-refractivity contribution in [1.29, 1.82) is 0 Å². The van der Waals surface area contributed by atoms with E-state index in [9.17, 15) is 17.6 Å². The number of halogens is 1. The first-order valence-electron chi connectivity index (χ1n) is 10.5. The molecule has 1 aliphatic rings. The van der Waals surface area contributed by atoms with Gasteiger partial charge >= 0.3 is 0 Å². The van der Waals surface area contributed by atoms with Crippen LogP contribution in [0.3, 0.4) is 0 Å². The summed E-state index contributed by atoms with van der Waals surface area (Å²) in [4.78, 5) is 14.5. The number of ether oxygens (including phenoxy) is 1. The van der Waals surface area contributed by atoms with Crippen LogP contribution in [0.1, 0.15) is 45.1 Å². The molecule has 1 fully saturated rings. The van der Waals surface area contributed by atoms with E-state index in [2.05, 4.69) is 18.6 Å². The van der Waals surface area contributed by atoms with Crippen molar-refractivity contribution in [3.05, 3.63) is 59.9 Å². The molecule has 0 spiro atoms. The maximum atomic E-state index is 13.0. The molecule has 1 aliphatic heterocycles. The molecule has 168 valence electrons. The van der Waals surface area contributed by atoms with Gasteiger partial charge in [0.2, 0.25) is 10.0 Å². The number of rotatable bonds is 7. The highest BCUT2D eigenvalue weighted by atomic mass is 32.2. The van der Waals surface area contributed by atoms with E-state index in [0.29, 0.717) is 37.6 Å². The minimum Gasteiger partial charge on any atom is -0.481 e. The van der Waals surface area contributed by atoms with Gasteiger partial charge in [-0.1, -0.05) is 26.0 Å². The highest BCUT2D eigenvalue weighted by Crippen LogP contribution is 2.22. The molecule has 1 heterocycles. The van der Waals surface area contributed by atoms with Gasteiger partial charge in [-0.3, -0.25) is 4.79 Å². The Labute approximate surface area is 183 Å². The summed E-state index contributed by atoms with van der Waals surface area (Å²) in [5, 5.41) is 0. The van der Waals surface area contributed by atoms with Gasteiger partial charge in [-0.05, 0) is 67.6 Å². The quantitative estimate of drug-likeness (QED) is 0.701. The van der Waals surface area contributed by atoms with Crippen LogP contribution in [0.25, 0.3) is 0 Å². The highest BCUT2D eigenvalue weighted by Gasteiger charge is 2.29. The van der Waals surface area contributed by atoms with Gasteiger partial charge in [-0.25, -0.2) is 17.5 Å². The van der Waals surface area contributed by atoms with Crippen molar-refractivity contribution < 1.29 is 22.3 Å². The Bertz CT molecular complexity index is 1000. The molecule has 2 aromatic rings. The van der Waals surface area contributed by atoms with Crippen molar-refractivity contribution in [3.8, 4) is 5.75 Å². The molecule has 3 rings (SSSR count). The van der Waals surface area contributed by atoms with Gasteiger partial charge in [0, 0.05) is 19.1 Å². The summed E-state index contributed by atoms with van der Waals surface area (Å²) in [5.41, 5.74) is 1.14. The molecular formula is C23H29FN2O4S. The molecule has 8 heteroatoms. The third-order valence-electron chi connectivity index (χ3n) is 5.44. The van der Waals surface area contributed by atoms with Crippen molar-refractivity contribution >= 4 is 15.9 Å². The second-order valence-electron chi connectivity index (χ2n) is 8.16. The van der Waals surface area contributed by atoms with Crippen LogP contribution in [0.4, 0.5) is 4.39 Å². The SMILES string of the molecule is CC(Oc1cccc(C(C)C)c1)C(=O)N1CCC(NS(=O)(=O)c2ccc(F)cc2)CC1. The molecule has 0 bridgehead atoms. The fraction of sp³-hybridized carbons (Fsp3) is 0.435. The molecule has 1 N–H and O–H groups in total. The number of nitrogens with one attached hydrogen (secondary N) is 1. The first kappa shape index (κ1) is 23.2. The summed E-state index contributed by atoms with van der Waals surface area (Å²) in [7, 11) is -3.73. The van der Waals surface area contributed by atoms with Gasteiger partial charge in [-0.15, -0.1) is 0 Å². The Morgan fingerprint density at radius 1 is 1.10 bits per heavy atom. The summed E-state index contributed by atoms with van der Waals surface area (Å²) < 4.78 is 46.5. The summed E-state index contributed by atoms with van der Waals surface area (Å²) in [6, 6.07) is 12.2. The van der Waals surface area contributed by atoms with Crippen LogP contribution in [0.2, 0.25) is 0 Å². The first-order chi connectivity index (χ1) is 14.7. The van der Waals surface area contributed by atoms with Gasteiger partial charge in [0.1, 0.15) is 11.6 Å². The molecule has 1 saturated heterocycles. The number of carbonyl (C=O) groups is 1. The number of hydrogen-bond donors (Lipinski definition) is 1. The highest BCUT2D eigenvalue weighted by molar-refractivity contribution is 7.89. The lowest BCUT2D eigenvalue weighted by Gasteiger charge is -2.33. The van der Waals surface area contributed by atoms with E-state index in [1.54, 1.807) is 11.8 Å². The van der Waals surface area contributed by atoms with Crippen LogP contribution in [-0.2, 0) is 14.8 Å². The predicted molar refractivity (Wildman–Crippen MR) is 117 cm³/mol. The standard InChI is InChI=1S/C23H29FN2O4S/c1-16(2)18-5-4-6-21(15-18)30-17(3)23(27)26-13-11-20(12-14-26)25-31(28,29)22-9-7-19(24)8-10-22/h4-10,15-17,20,25H,11-14H2,1-3H3. The molecule has 0 aliphatic carbocycles. The lowest BCUT2D eigenvalue weighted by Crippen LogP contribution is -2.49. The fourth-order valence-corrected chi connectivity index (χ4v) is 4.88. The molecule has 0 saturated carbocycles. The number of piperidine rings is 1.